The molecule has 0 amide bonds. The van der Waals surface area contributed by atoms with Gasteiger partial charge in [0, 0.05) is 27.6 Å². The van der Waals surface area contributed by atoms with Gasteiger partial charge in [-0.05, 0) is 42.0 Å². The minimum Gasteiger partial charge on any atom is -0.379 e. The quantitative estimate of drug-likeness (QED) is 0.609. The molecule has 3 rings (SSSR count). The maximum absolute atomic E-state index is 6.20. The van der Waals surface area contributed by atoms with Gasteiger partial charge in [-0.15, -0.1) is 0 Å². The normalized spacial score (nSPS) is 10.8. The van der Waals surface area contributed by atoms with Crippen molar-refractivity contribution in [3.05, 3.63) is 68.7 Å². The smallest absolute Gasteiger partial charge is 0.0948 e. The van der Waals surface area contributed by atoms with Crippen LogP contribution in [0.4, 0.5) is 5.69 Å². The Balaban J connectivity index is 1.90. The first-order valence-corrected chi connectivity index (χ1v) is 7.91. The Hall–Kier alpha value is -1.29. The SMILES string of the molecule is Clc1ccc(CNc2ccc(Cl)c3cccnc23)c(Br)c1. The Morgan fingerprint density at radius 3 is 2.76 bits per heavy atom. The van der Waals surface area contributed by atoms with Crippen LogP contribution in [0.1, 0.15) is 5.56 Å². The topological polar surface area (TPSA) is 24.9 Å². The van der Waals surface area contributed by atoms with E-state index < -0.39 is 0 Å². The van der Waals surface area contributed by atoms with Gasteiger partial charge in [0.1, 0.15) is 0 Å². The summed E-state index contributed by atoms with van der Waals surface area (Å²) in [7, 11) is 0. The van der Waals surface area contributed by atoms with E-state index in [2.05, 4.69) is 26.2 Å². The van der Waals surface area contributed by atoms with Gasteiger partial charge >= 0.3 is 0 Å². The Kier molecular flexibility index (Phi) is 4.34. The second-order valence-electron chi connectivity index (χ2n) is 4.58. The molecule has 0 saturated carbocycles. The lowest BCUT2D eigenvalue weighted by atomic mass is 10.1. The Morgan fingerprint density at radius 2 is 1.95 bits per heavy atom. The van der Waals surface area contributed by atoms with Crippen molar-refractivity contribution in [2.75, 3.05) is 5.32 Å². The van der Waals surface area contributed by atoms with E-state index in [9.17, 15) is 0 Å². The number of anilines is 1. The number of hydrogen-bond donors (Lipinski definition) is 1. The Bertz CT molecular complexity index is 805. The van der Waals surface area contributed by atoms with Crippen LogP contribution in [-0.4, -0.2) is 4.98 Å². The van der Waals surface area contributed by atoms with Crippen LogP contribution in [-0.2, 0) is 6.54 Å². The highest BCUT2D eigenvalue weighted by Gasteiger charge is 2.06. The summed E-state index contributed by atoms with van der Waals surface area (Å²) in [6, 6.07) is 13.4. The third-order valence-electron chi connectivity index (χ3n) is 3.20. The average molecular weight is 382 g/mol. The van der Waals surface area contributed by atoms with Gasteiger partial charge in [-0.1, -0.05) is 45.2 Å². The predicted octanol–water partition coefficient (Wildman–Crippen LogP) is 5.92. The van der Waals surface area contributed by atoms with E-state index in [0.29, 0.717) is 16.6 Å². The molecule has 0 radical (unpaired) electrons. The number of nitrogens with one attached hydrogen (secondary N) is 1. The largest absolute Gasteiger partial charge is 0.379 e. The van der Waals surface area contributed by atoms with Gasteiger partial charge in [-0.2, -0.15) is 0 Å². The van der Waals surface area contributed by atoms with E-state index in [4.69, 9.17) is 23.2 Å². The number of nitrogens with zero attached hydrogens (tertiary/aromatic N) is 1. The van der Waals surface area contributed by atoms with Gasteiger partial charge in [0.05, 0.1) is 16.2 Å². The number of fused-ring (bicyclic) bond motifs is 1. The molecule has 2 aromatic carbocycles. The van der Waals surface area contributed by atoms with Gasteiger partial charge in [0.2, 0.25) is 0 Å². The van der Waals surface area contributed by atoms with E-state index >= 15 is 0 Å². The van der Waals surface area contributed by atoms with Crippen LogP contribution >= 0.6 is 39.1 Å². The lowest BCUT2D eigenvalue weighted by Crippen LogP contribution is -2.01. The minimum atomic E-state index is 0.672. The first-order valence-electron chi connectivity index (χ1n) is 6.36. The Morgan fingerprint density at radius 1 is 1.10 bits per heavy atom. The van der Waals surface area contributed by atoms with E-state index in [0.717, 1.165) is 26.6 Å². The summed E-state index contributed by atoms with van der Waals surface area (Å²) in [6.07, 6.45) is 1.77. The van der Waals surface area contributed by atoms with Gasteiger partial charge in [0.15, 0.2) is 0 Å². The maximum Gasteiger partial charge on any atom is 0.0948 e. The number of rotatable bonds is 3. The zero-order valence-electron chi connectivity index (χ0n) is 10.9. The summed E-state index contributed by atoms with van der Waals surface area (Å²) < 4.78 is 0.980. The fraction of sp³-hybridized carbons (Fsp3) is 0.0625. The van der Waals surface area contributed by atoms with Crippen LogP contribution < -0.4 is 5.32 Å². The summed E-state index contributed by atoms with van der Waals surface area (Å²) in [4.78, 5) is 4.41. The van der Waals surface area contributed by atoms with E-state index in [1.54, 1.807) is 6.20 Å². The molecule has 0 aliphatic carbocycles. The summed E-state index contributed by atoms with van der Waals surface area (Å²) in [6.45, 7) is 0.672. The van der Waals surface area contributed by atoms with Crippen LogP contribution in [0.3, 0.4) is 0 Å². The van der Waals surface area contributed by atoms with Crippen LogP contribution in [0.15, 0.2) is 53.1 Å². The molecule has 0 saturated heterocycles. The number of hydrogen-bond acceptors (Lipinski definition) is 2. The van der Waals surface area contributed by atoms with Crippen LogP contribution in [0.25, 0.3) is 10.9 Å². The first-order chi connectivity index (χ1) is 10.1. The molecule has 0 aliphatic rings. The molecule has 0 fully saturated rings. The molecule has 106 valence electrons. The molecule has 21 heavy (non-hydrogen) atoms. The lowest BCUT2D eigenvalue weighted by Gasteiger charge is -2.11. The van der Waals surface area contributed by atoms with Gasteiger partial charge < -0.3 is 5.32 Å². The zero-order chi connectivity index (χ0) is 14.8. The molecule has 2 nitrogen and oxygen atoms in total. The van der Waals surface area contributed by atoms with Crippen molar-refractivity contribution in [3.8, 4) is 0 Å². The third-order valence-corrected chi connectivity index (χ3v) is 4.50. The highest BCUT2D eigenvalue weighted by Crippen LogP contribution is 2.29. The number of aromatic nitrogens is 1. The number of benzene rings is 2. The highest BCUT2D eigenvalue weighted by atomic mass is 79.9. The second-order valence-corrected chi connectivity index (χ2v) is 6.28. The summed E-state index contributed by atoms with van der Waals surface area (Å²) in [5.74, 6) is 0. The fourth-order valence-electron chi connectivity index (χ4n) is 2.14. The molecule has 1 aromatic heterocycles. The molecule has 1 N–H and O–H groups in total. The van der Waals surface area contributed by atoms with Crippen molar-refractivity contribution in [2.45, 2.75) is 6.54 Å². The number of halogens is 3. The highest BCUT2D eigenvalue weighted by molar-refractivity contribution is 9.10. The number of pyridine rings is 1. The third kappa shape index (κ3) is 3.15. The molecule has 0 unspecified atom stereocenters. The summed E-state index contributed by atoms with van der Waals surface area (Å²) in [5.41, 5.74) is 2.95. The lowest BCUT2D eigenvalue weighted by molar-refractivity contribution is 1.14. The monoisotopic (exact) mass is 380 g/mol. The molecular formula is C16H11BrCl2N2. The average Bonchev–Trinajstić information content (AvgIpc) is 2.48. The molecule has 0 aliphatic heterocycles. The molecule has 3 aromatic rings. The molecule has 1 heterocycles. The zero-order valence-corrected chi connectivity index (χ0v) is 14.0. The van der Waals surface area contributed by atoms with Gasteiger partial charge in [-0.25, -0.2) is 0 Å². The van der Waals surface area contributed by atoms with Crippen molar-refractivity contribution in [2.24, 2.45) is 0 Å². The van der Waals surface area contributed by atoms with Crippen molar-refractivity contribution < 1.29 is 0 Å². The van der Waals surface area contributed by atoms with Gasteiger partial charge in [-0.3, -0.25) is 4.98 Å². The van der Waals surface area contributed by atoms with Crippen LogP contribution in [0.2, 0.25) is 10.0 Å². The molecule has 0 bridgehead atoms. The molecule has 5 heteroatoms. The van der Waals surface area contributed by atoms with E-state index in [-0.39, 0.29) is 0 Å². The first kappa shape index (κ1) is 14.6. The standard InChI is InChI=1S/C16H11BrCl2N2/c17-13-8-11(18)4-3-10(13)9-21-15-6-5-14(19)12-2-1-7-20-16(12)15/h1-8,21H,9H2. The van der Waals surface area contributed by atoms with Crippen molar-refractivity contribution in [1.29, 1.82) is 0 Å². The van der Waals surface area contributed by atoms with Crippen molar-refractivity contribution in [1.82, 2.24) is 4.98 Å². The maximum atomic E-state index is 6.20. The van der Waals surface area contributed by atoms with E-state index in [1.807, 2.05) is 42.5 Å². The minimum absolute atomic E-state index is 0.672. The summed E-state index contributed by atoms with van der Waals surface area (Å²) >= 11 is 15.7. The van der Waals surface area contributed by atoms with Crippen LogP contribution in [0.5, 0.6) is 0 Å². The molecular weight excluding hydrogens is 371 g/mol. The van der Waals surface area contributed by atoms with Crippen LogP contribution in [0, 0.1) is 0 Å². The Labute approximate surface area is 141 Å². The van der Waals surface area contributed by atoms with E-state index in [1.165, 1.54) is 0 Å². The predicted molar refractivity (Wildman–Crippen MR) is 93.2 cm³/mol. The summed E-state index contributed by atoms with van der Waals surface area (Å²) in [5, 5.41) is 5.76. The van der Waals surface area contributed by atoms with Crippen molar-refractivity contribution in [3.63, 3.8) is 0 Å². The fourth-order valence-corrected chi connectivity index (χ4v) is 3.17. The van der Waals surface area contributed by atoms with Gasteiger partial charge in [0.25, 0.3) is 0 Å². The second kappa shape index (κ2) is 6.22. The molecule has 0 atom stereocenters. The molecule has 0 spiro atoms. The van der Waals surface area contributed by atoms with Crippen molar-refractivity contribution >= 4 is 55.7 Å².